The Hall–Kier alpha value is -0.380. The summed E-state index contributed by atoms with van der Waals surface area (Å²) in [5.74, 6) is 0. The second kappa shape index (κ2) is 26.5. The van der Waals surface area contributed by atoms with Gasteiger partial charge in [0.2, 0.25) is 0 Å². The van der Waals surface area contributed by atoms with Gasteiger partial charge in [-0.05, 0) is 38.6 Å². The highest BCUT2D eigenvalue weighted by Gasteiger charge is 1.90. The maximum absolute atomic E-state index is 7.62. The summed E-state index contributed by atoms with van der Waals surface area (Å²) in [7, 11) is 0. The quantitative estimate of drug-likeness (QED) is 0.277. The zero-order valence-electron chi connectivity index (χ0n) is 15.6. The minimum absolute atomic E-state index is 0.125. The van der Waals surface area contributed by atoms with Gasteiger partial charge in [0.05, 0.1) is 13.2 Å². The lowest BCUT2D eigenvalue weighted by Gasteiger charge is -1.99. The van der Waals surface area contributed by atoms with Crippen LogP contribution in [0, 0.1) is 0 Å². The standard InChI is InChI=1S/C18H37N.C2H6O2/c1-2-3-4-5-6-7-8-9-10-11-12-13-14-15-16-17-18-19;3-1-2-4/h9-10H,2-8,11-19H2,1H3;3-4H,1-2H2/b10-9-;. The zero-order chi connectivity index (χ0) is 17.4. The molecule has 0 aromatic heterocycles. The molecule has 0 radical (unpaired) electrons. The van der Waals surface area contributed by atoms with Crippen LogP contribution in [-0.2, 0) is 0 Å². The summed E-state index contributed by atoms with van der Waals surface area (Å²) in [4.78, 5) is 0. The highest BCUT2D eigenvalue weighted by Crippen LogP contribution is 2.09. The average Bonchev–Trinajstić information content (AvgIpc) is 2.58. The molecule has 0 aromatic rings. The van der Waals surface area contributed by atoms with Gasteiger partial charge in [0.1, 0.15) is 0 Å². The van der Waals surface area contributed by atoms with E-state index in [4.69, 9.17) is 15.9 Å². The van der Waals surface area contributed by atoms with Crippen LogP contribution in [0.1, 0.15) is 96.8 Å². The van der Waals surface area contributed by atoms with Crippen molar-refractivity contribution in [1.29, 1.82) is 0 Å². The lowest BCUT2D eigenvalue weighted by molar-refractivity contribution is 0.186. The van der Waals surface area contributed by atoms with Crippen molar-refractivity contribution in [3.05, 3.63) is 12.2 Å². The third-order valence-electron chi connectivity index (χ3n) is 3.82. The Labute approximate surface area is 145 Å². The van der Waals surface area contributed by atoms with Gasteiger partial charge in [-0.3, -0.25) is 0 Å². The fraction of sp³-hybridized carbons (Fsp3) is 0.900. The number of rotatable bonds is 16. The predicted octanol–water partition coefficient (Wildman–Crippen LogP) is 4.95. The maximum atomic E-state index is 7.62. The SMILES string of the molecule is CCCCCCCC/C=C\CCCCCCCCN.OCCO. The van der Waals surface area contributed by atoms with Crippen LogP contribution in [0.25, 0.3) is 0 Å². The first-order valence-corrected chi connectivity index (χ1v) is 9.90. The van der Waals surface area contributed by atoms with Crippen molar-refractivity contribution in [3.63, 3.8) is 0 Å². The van der Waals surface area contributed by atoms with Crippen LogP contribution in [0.5, 0.6) is 0 Å². The highest BCUT2D eigenvalue weighted by molar-refractivity contribution is 4.81. The van der Waals surface area contributed by atoms with Crippen molar-refractivity contribution in [1.82, 2.24) is 0 Å². The van der Waals surface area contributed by atoms with Gasteiger partial charge < -0.3 is 15.9 Å². The molecule has 0 spiro atoms. The summed E-state index contributed by atoms with van der Waals surface area (Å²) in [6.07, 6.45) is 23.9. The van der Waals surface area contributed by atoms with Gasteiger partial charge >= 0.3 is 0 Å². The molecular formula is C20H43NO2. The van der Waals surface area contributed by atoms with Crippen LogP contribution in [0.15, 0.2) is 12.2 Å². The van der Waals surface area contributed by atoms with E-state index in [1.54, 1.807) is 0 Å². The van der Waals surface area contributed by atoms with Gasteiger partial charge in [-0.25, -0.2) is 0 Å². The monoisotopic (exact) mass is 329 g/mol. The largest absolute Gasteiger partial charge is 0.394 e. The Kier molecular flexibility index (Phi) is 28.7. The molecule has 0 atom stereocenters. The molecule has 0 saturated carbocycles. The Morgan fingerprint density at radius 3 is 1.39 bits per heavy atom. The molecule has 0 aliphatic rings. The Bertz CT molecular complexity index is 206. The zero-order valence-corrected chi connectivity index (χ0v) is 15.6. The molecule has 140 valence electrons. The fourth-order valence-electron chi connectivity index (χ4n) is 2.39. The molecule has 0 heterocycles. The van der Waals surface area contributed by atoms with E-state index in [1.807, 2.05) is 0 Å². The lowest BCUT2D eigenvalue weighted by Crippen LogP contribution is -1.97. The molecule has 0 aliphatic heterocycles. The van der Waals surface area contributed by atoms with E-state index < -0.39 is 0 Å². The van der Waals surface area contributed by atoms with E-state index in [0.717, 1.165) is 6.54 Å². The van der Waals surface area contributed by atoms with Crippen molar-refractivity contribution < 1.29 is 10.2 Å². The molecule has 0 fully saturated rings. The molecule has 0 aliphatic carbocycles. The number of hydrogen-bond acceptors (Lipinski definition) is 3. The first-order valence-electron chi connectivity index (χ1n) is 9.90. The molecule has 0 aromatic carbocycles. The molecule has 0 saturated heterocycles. The van der Waals surface area contributed by atoms with Crippen LogP contribution in [0.3, 0.4) is 0 Å². The third-order valence-corrected chi connectivity index (χ3v) is 3.82. The molecule has 3 nitrogen and oxygen atoms in total. The third kappa shape index (κ3) is 30.1. The number of aliphatic hydroxyl groups is 2. The number of unbranched alkanes of at least 4 members (excludes halogenated alkanes) is 12. The van der Waals surface area contributed by atoms with Crippen LogP contribution in [0.2, 0.25) is 0 Å². The average molecular weight is 330 g/mol. The van der Waals surface area contributed by atoms with Gasteiger partial charge in [-0.1, -0.05) is 76.9 Å². The molecule has 0 rings (SSSR count). The van der Waals surface area contributed by atoms with Crippen LogP contribution < -0.4 is 5.73 Å². The first-order chi connectivity index (χ1) is 11.3. The number of allylic oxidation sites excluding steroid dienone is 2. The van der Waals surface area contributed by atoms with Crippen LogP contribution in [0.4, 0.5) is 0 Å². The minimum atomic E-state index is -0.125. The van der Waals surface area contributed by atoms with Crippen molar-refractivity contribution in [2.24, 2.45) is 5.73 Å². The van der Waals surface area contributed by atoms with E-state index in [1.165, 1.54) is 89.9 Å². The second-order valence-electron chi connectivity index (χ2n) is 6.17. The number of nitrogens with two attached hydrogens (primary N) is 1. The predicted molar refractivity (Wildman–Crippen MR) is 103 cm³/mol. The van der Waals surface area contributed by atoms with E-state index in [9.17, 15) is 0 Å². The summed E-state index contributed by atoms with van der Waals surface area (Å²) in [6.45, 7) is 2.89. The molecule has 3 heteroatoms. The molecule has 0 amide bonds. The Morgan fingerprint density at radius 1 is 0.609 bits per heavy atom. The fourth-order valence-corrected chi connectivity index (χ4v) is 2.39. The van der Waals surface area contributed by atoms with Gasteiger partial charge in [-0.2, -0.15) is 0 Å². The number of hydrogen-bond donors (Lipinski definition) is 3. The van der Waals surface area contributed by atoms with Gasteiger partial charge in [0, 0.05) is 0 Å². The molecular weight excluding hydrogens is 286 g/mol. The van der Waals surface area contributed by atoms with E-state index in [-0.39, 0.29) is 13.2 Å². The normalized spacial score (nSPS) is 10.8. The molecule has 23 heavy (non-hydrogen) atoms. The summed E-state index contributed by atoms with van der Waals surface area (Å²) in [5, 5.41) is 15.2. The minimum Gasteiger partial charge on any atom is -0.394 e. The maximum Gasteiger partial charge on any atom is 0.0662 e. The summed E-state index contributed by atoms with van der Waals surface area (Å²) in [6, 6.07) is 0. The smallest absolute Gasteiger partial charge is 0.0662 e. The van der Waals surface area contributed by atoms with E-state index in [0.29, 0.717) is 0 Å². The molecule has 4 N–H and O–H groups in total. The Morgan fingerprint density at radius 2 is 1.00 bits per heavy atom. The van der Waals surface area contributed by atoms with Gasteiger partial charge in [0.25, 0.3) is 0 Å². The van der Waals surface area contributed by atoms with Gasteiger partial charge in [0.15, 0.2) is 0 Å². The first kappa shape index (κ1) is 24.9. The second-order valence-corrected chi connectivity index (χ2v) is 6.17. The topological polar surface area (TPSA) is 66.5 Å². The lowest BCUT2D eigenvalue weighted by atomic mass is 10.1. The molecule has 0 unspecified atom stereocenters. The van der Waals surface area contributed by atoms with E-state index >= 15 is 0 Å². The molecule has 0 bridgehead atoms. The Balaban J connectivity index is 0. The van der Waals surface area contributed by atoms with Crippen LogP contribution >= 0.6 is 0 Å². The van der Waals surface area contributed by atoms with Crippen molar-refractivity contribution in [3.8, 4) is 0 Å². The van der Waals surface area contributed by atoms with Gasteiger partial charge in [-0.15, -0.1) is 0 Å². The summed E-state index contributed by atoms with van der Waals surface area (Å²) >= 11 is 0. The number of aliphatic hydroxyl groups excluding tert-OH is 2. The van der Waals surface area contributed by atoms with Crippen molar-refractivity contribution in [2.45, 2.75) is 96.8 Å². The van der Waals surface area contributed by atoms with Crippen molar-refractivity contribution in [2.75, 3.05) is 19.8 Å². The summed E-state index contributed by atoms with van der Waals surface area (Å²) < 4.78 is 0. The van der Waals surface area contributed by atoms with Crippen LogP contribution in [-0.4, -0.2) is 30.0 Å². The van der Waals surface area contributed by atoms with E-state index in [2.05, 4.69) is 19.1 Å². The highest BCUT2D eigenvalue weighted by atomic mass is 16.3. The summed E-state index contributed by atoms with van der Waals surface area (Å²) in [5.41, 5.74) is 5.47. The van der Waals surface area contributed by atoms with Crippen molar-refractivity contribution >= 4 is 0 Å².